The Morgan fingerprint density at radius 2 is 2.18 bits per heavy atom. The summed E-state index contributed by atoms with van der Waals surface area (Å²) in [5.74, 6) is 1.12. The number of carbonyl (C=O) groups excluding carboxylic acids is 1. The van der Waals surface area contributed by atoms with E-state index in [0.29, 0.717) is 28.9 Å². The largest absolute Gasteiger partial charge is 0.369 e. The number of aromatic nitrogens is 2. The first-order chi connectivity index (χ1) is 8.04. The minimum absolute atomic E-state index is 0.216. The SMILES string of the molecule is Cc1nc(Cl)c(C=O)c(NCC2(C)CCC2)n1. The van der Waals surface area contributed by atoms with Gasteiger partial charge in [0.1, 0.15) is 16.8 Å². The maximum Gasteiger partial charge on any atom is 0.156 e. The number of hydrogen-bond donors (Lipinski definition) is 1. The van der Waals surface area contributed by atoms with Crippen molar-refractivity contribution in [1.82, 2.24) is 9.97 Å². The van der Waals surface area contributed by atoms with Crippen molar-refractivity contribution < 1.29 is 4.79 Å². The fourth-order valence-electron chi connectivity index (χ4n) is 2.04. The predicted molar refractivity (Wildman–Crippen MR) is 67.6 cm³/mol. The van der Waals surface area contributed by atoms with Gasteiger partial charge in [-0.05, 0) is 25.2 Å². The van der Waals surface area contributed by atoms with E-state index < -0.39 is 0 Å². The molecule has 1 aliphatic rings. The summed E-state index contributed by atoms with van der Waals surface area (Å²) >= 11 is 5.91. The van der Waals surface area contributed by atoms with E-state index in [9.17, 15) is 4.79 Å². The molecule has 0 amide bonds. The average molecular weight is 254 g/mol. The molecule has 0 atom stereocenters. The van der Waals surface area contributed by atoms with Gasteiger partial charge < -0.3 is 5.32 Å². The Labute approximate surface area is 106 Å². The smallest absolute Gasteiger partial charge is 0.156 e. The molecule has 0 unspecified atom stereocenters. The first-order valence-electron chi connectivity index (χ1n) is 5.77. The second kappa shape index (κ2) is 4.61. The lowest BCUT2D eigenvalue weighted by Gasteiger charge is -2.38. The summed E-state index contributed by atoms with van der Waals surface area (Å²) in [7, 11) is 0. The summed E-state index contributed by atoms with van der Waals surface area (Å²) in [5, 5.41) is 3.44. The maximum atomic E-state index is 11.0. The van der Waals surface area contributed by atoms with Gasteiger partial charge in [-0.1, -0.05) is 24.9 Å². The van der Waals surface area contributed by atoms with E-state index in [2.05, 4.69) is 22.2 Å². The highest BCUT2D eigenvalue weighted by Crippen LogP contribution is 2.40. The molecule has 0 bridgehead atoms. The molecule has 0 spiro atoms. The molecule has 2 rings (SSSR count). The van der Waals surface area contributed by atoms with Crippen molar-refractivity contribution in [2.24, 2.45) is 5.41 Å². The lowest BCUT2D eigenvalue weighted by molar-refractivity contribution is 0.112. The summed E-state index contributed by atoms with van der Waals surface area (Å²) < 4.78 is 0. The number of aryl methyl sites for hydroxylation is 1. The van der Waals surface area contributed by atoms with Gasteiger partial charge >= 0.3 is 0 Å². The van der Waals surface area contributed by atoms with Crippen LogP contribution in [0, 0.1) is 12.3 Å². The topological polar surface area (TPSA) is 54.9 Å². The second-order valence-electron chi connectivity index (χ2n) is 4.96. The summed E-state index contributed by atoms with van der Waals surface area (Å²) in [4.78, 5) is 19.2. The van der Waals surface area contributed by atoms with E-state index in [1.54, 1.807) is 6.92 Å². The third-order valence-electron chi connectivity index (χ3n) is 3.37. The summed E-state index contributed by atoms with van der Waals surface area (Å²) in [6.07, 6.45) is 4.41. The van der Waals surface area contributed by atoms with Gasteiger partial charge in [0.25, 0.3) is 0 Å². The Bertz CT molecular complexity index is 444. The van der Waals surface area contributed by atoms with Crippen molar-refractivity contribution in [1.29, 1.82) is 0 Å². The van der Waals surface area contributed by atoms with Crippen LogP contribution < -0.4 is 5.32 Å². The third-order valence-corrected chi connectivity index (χ3v) is 3.66. The van der Waals surface area contributed by atoms with Crippen LogP contribution in [0.1, 0.15) is 42.4 Å². The molecule has 17 heavy (non-hydrogen) atoms. The number of aldehydes is 1. The van der Waals surface area contributed by atoms with E-state index >= 15 is 0 Å². The van der Waals surface area contributed by atoms with E-state index in [0.717, 1.165) is 6.54 Å². The molecule has 0 aliphatic heterocycles. The van der Waals surface area contributed by atoms with Crippen molar-refractivity contribution in [2.45, 2.75) is 33.1 Å². The van der Waals surface area contributed by atoms with Crippen LogP contribution in [-0.2, 0) is 0 Å². The van der Waals surface area contributed by atoms with E-state index in [-0.39, 0.29) is 5.15 Å². The monoisotopic (exact) mass is 253 g/mol. The van der Waals surface area contributed by atoms with Crippen molar-refractivity contribution in [3.05, 3.63) is 16.5 Å². The summed E-state index contributed by atoms with van der Waals surface area (Å²) in [6.45, 7) is 4.82. The Balaban J connectivity index is 2.16. The highest BCUT2D eigenvalue weighted by atomic mass is 35.5. The predicted octanol–water partition coefficient (Wildman–Crippen LogP) is 2.85. The number of anilines is 1. The number of nitrogens with one attached hydrogen (secondary N) is 1. The number of rotatable bonds is 4. The van der Waals surface area contributed by atoms with E-state index in [4.69, 9.17) is 11.6 Å². The molecule has 0 radical (unpaired) electrons. The molecule has 1 aromatic rings. The van der Waals surface area contributed by atoms with Crippen LogP contribution in [0.4, 0.5) is 5.82 Å². The average Bonchev–Trinajstić information content (AvgIpc) is 2.23. The van der Waals surface area contributed by atoms with Gasteiger partial charge in [0.15, 0.2) is 6.29 Å². The fraction of sp³-hybridized carbons (Fsp3) is 0.583. The Morgan fingerprint density at radius 1 is 1.47 bits per heavy atom. The van der Waals surface area contributed by atoms with Crippen molar-refractivity contribution in [3.63, 3.8) is 0 Å². The lowest BCUT2D eigenvalue weighted by atomic mass is 9.70. The highest BCUT2D eigenvalue weighted by Gasteiger charge is 2.31. The van der Waals surface area contributed by atoms with Crippen molar-refractivity contribution in [2.75, 3.05) is 11.9 Å². The van der Waals surface area contributed by atoms with Gasteiger partial charge in [-0.3, -0.25) is 4.79 Å². The molecule has 1 fully saturated rings. The number of nitrogens with zero attached hydrogens (tertiary/aromatic N) is 2. The summed E-state index contributed by atoms with van der Waals surface area (Å²) in [5.41, 5.74) is 0.672. The normalized spacial score (nSPS) is 17.4. The molecule has 1 heterocycles. The molecular weight excluding hydrogens is 238 g/mol. The first-order valence-corrected chi connectivity index (χ1v) is 6.15. The quantitative estimate of drug-likeness (QED) is 0.662. The van der Waals surface area contributed by atoms with E-state index in [1.807, 2.05) is 0 Å². The van der Waals surface area contributed by atoms with Crippen LogP contribution in [0.5, 0.6) is 0 Å². The molecular formula is C12H16ClN3O. The first kappa shape index (κ1) is 12.3. The van der Waals surface area contributed by atoms with Crippen LogP contribution in [0.25, 0.3) is 0 Å². The Kier molecular flexibility index (Phi) is 3.33. The molecule has 1 aliphatic carbocycles. The molecule has 0 aromatic carbocycles. The number of carbonyl (C=O) groups is 1. The standard InChI is InChI=1S/C12H16ClN3O/c1-8-15-10(13)9(6-17)11(16-8)14-7-12(2)4-3-5-12/h6H,3-5,7H2,1-2H3,(H,14,15,16). The Hall–Kier alpha value is -1.16. The van der Waals surface area contributed by atoms with Crippen molar-refractivity contribution >= 4 is 23.7 Å². The third kappa shape index (κ3) is 2.57. The zero-order valence-electron chi connectivity index (χ0n) is 10.1. The van der Waals surface area contributed by atoms with E-state index in [1.165, 1.54) is 19.3 Å². The van der Waals surface area contributed by atoms with Crippen LogP contribution in [-0.4, -0.2) is 22.8 Å². The molecule has 0 saturated heterocycles. The van der Waals surface area contributed by atoms with Crippen molar-refractivity contribution in [3.8, 4) is 0 Å². The van der Waals surface area contributed by atoms with Gasteiger partial charge in [-0.25, -0.2) is 9.97 Å². The second-order valence-corrected chi connectivity index (χ2v) is 5.32. The minimum Gasteiger partial charge on any atom is -0.369 e. The van der Waals surface area contributed by atoms with Crippen LogP contribution in [0.15, 0.2) is 0 Å². The Morgan fingerprint density at radius 3 is 2.71 bits per heavy atom. The number of hydrogen-bond acceptors (Lipinski definition) is 4. The molecule has 1 aromatic heterocycles. The molecule has 1 N–H and O–H groups in total. The zero-order chi connectivity index (χ0) is 12.5. The lowest BCUT2D eigenvalue weighted by Crippen LogP contribution is -2.33. The maximum absolute atomic E-state index is 11.0. The van der Waals surface area contributed by atoms with Crippen LogP contribution in [0.2, 0.25) is 5.15 Å². The number of halogens is 1. The minimum atomic E-state index is 0.216. The molecule has 4 nitrogen and oxygen atoms in total. The molecule has 5 heteroatoms. The molecule has 92 valence electrons. The van der Waals surface area contributed by atoms with Gasteiger partial charge in [-0.2, -0.15) is 0 Å². The summed E-state index contributed by atoms with van der Waals surface area (Å²) in [6, 6.07) is 0. The molecule has 1 saturated carbocycles. The zero-order valence-corrected chi connectivity index (χ0v) is 10.8. The fourth-order valence-corrected chi connectivity index (χ4v) is 2.30. The van der Waals surface area contributed by atoms with Crippen LogP contribution in [0.3, 0.4) is 0 Å². The van der Waals surface area contributed by atoms with Gasteiger partial charge in [-0.15, -0.1) is 0 Å². The van der Waals surface area contributed by atoms with Gasteiger partial charge in [0.2, 0.25) is 0 Å². The van der Waals surface area contributed by atoms with Gasteiger partial charge in [0, 0.05) is 6.54 Å². The highest BCUT2D eigenvalue weighted by molar-refractivity contribution is 6.32. The van der Waals surface area contributed by atoms with Gasteiger partial charge in [0.05, 0.1) is 5.56 Å². The van der Waals surface area contributed by atoms with Crippen LogP contribution >= 0.6 is 11.6 Å².